The average molecular weight is 384 g/mol. The van der Waals surface area contributed by atoms with Crippen molar-refractivity contribution in [1.82, 2.24) is 0 Å². The zero-order valence-corrected chi connectivity index (χ0v) is 14.5. The van der Waals surface area contributed by atoms with Crippen LogP contribution in [-0.4, -0.2) is 11.9 Å². The van der Waals surface area contributed by atoms with Crippen molar-refractivity contribution < 1.29 is 9.47 Å². The number of halogens is 4. The molecule has 0 amide bonds. The molecule has 21 heavy (non-hydrogen) atoms. The Balaban J connectivity index is 1.75. The van der Waals surface area contributed by atoms with Crippen molar-refractivity contribution in [1.29, 1.82) is 0 Å². The van der Waals surface area contributed by atoms with Gasteiger partial charge in [0, 0.05) is 10.0 Å². The van der Waals surface area contributed by atoms with Gasteiger partial charge in [-0.2, -0.15) is 0 Å². The summed E-state index contributed by atoms with van der Waals surface area (Å²) >= 11 is 25.0. The lowest BCUT2D eigenvalue weighted by Crippen LogP contribution is -1.99. The van der Waals surface area contributed by atoms with Gasteiger partial charge in [-0.3, -0.25) is 0 Å². The molecule has 2 nitrogen and oxygen atoms in total. The minimum atomic E-state index is 0.395. The molecule has 0 heterocycles. The molecule has 7 heteroatoms. The molecule has 0 saturated carbocycles. The third kappa shape index (κ3) is 5.35. The van der Waals surface area contributed by atoms with Crippen LogP contribution in [0, 0.1) is 0 Å². The van der Waals surface area contributed by atoms with E-state index in [0.717, 1.165) is 0 Å². The molecule has 0 unspecified atom stereocenters. The topological polar surface area (TPSA) is 18.5 Å². The van der Waals surface area contributed by atoms with Crippen LogP contribution in [0.4, 0.5) is 0 Å². The number of hydrogen-bond donors (Lipinski definition) is 0. The van der Waals surface area contributed by atoms with Gasteiger partial charge in [0.25, 0.3) is 0 Å². The number of rotatable bonds is 6. The van der Waals surface area contributed by atoms with Crippen LogP contribution in [0.3, 0.4) is 0 Å². The third-order valence-corrected chi connectivity index (χ3v) is 4.01. The molecule has 2 aromatic carbocycles. The van der Waals surface area contributed by atoms with E-state index in [0.29, 0.717) is 43.5 Å². The Morgan fingerprint density at radius 3 is 1.52 bits per heavy atom. The minimum absolute atomic E-state index is 0.395. The standard InChI is InChI=1S/C14H10Cl4O2S/c15-9-1-3-13(11(17)5-9)19-7-21-8-20-14-4-2-10(16)6-12(14)18/h1-6H,7-8H2. The lowest BCUT2D eigenvalue weighted by molar-refractivity contribution is 0.373. The number of ether oxygens (including phenoxy) is 2. The van der Waals surface area contributed by atoms with E-state index in [9.17, 15) is 0 Å². The van der Waals surface area contributed by atoms with E-state index in [2.05, 4.69) is 0 Å². The summed E-state index contributed by atoms with van der Waals surface area (Å²) in [4.78, 5) is 0. The first-order valence-corrected chi connectivity index (χ1v) is 8.46. The molecule has 0 aliphatic carbocycles. The fraction of sp³-hybridized carbons (Fsp3) is 0.143. The summed E-state index contributed by atoms with van der Waals surface area (Å²) in [6.07, 6.45) is 0. The lowest BCUT2D eigenvalue weighted by Gasteiger charge is -2.10. The maximum absolute atomic E-state index is 5.99. The van der Waals surface area contributed by atoms with Crippen LogP contribution in [-0.2, 0) is 0 Å². The summed E-state index contributed by atoms with van der Waals surface area (Å²) < 4.78 is 11.0. The number of thioether (sulfide) groups is 1. The molecule has 0 bridgehead atoms. The van der Waals surface area contributed by atoms with Gasteiger partial charge in [-0.15, -0.1) is 0 Å². The quantitative estimate of drug-likeness (QED) is 0.424. The van der Waals surface area contributed by atoms with E-state index in [-0.39, 0.29) is 0 Å². The van der Waals surface area contributed by atoms with Gasteiger partial charge in [0.05, 0.1) is 10.0 Å². The van der Waals surface area contributed by atoms with Crippen molar-refractivity contribution in [2.24, 2.45) is 0 Å². The first kappa shape index (κ1) is 16.9. The van der Waals surface area contributed by atoms with E-state index in [1.165, 1.54) is 11.8 Å². The highest BCUT2D eigenvalue weighted by atomic mass is 35.5. The summed E-state index contributed by atoms with van der Waals surface area (Å²) in [7, 11) is 0. The SMILES string of the molecule is Clc1ccc(OCSCOc2ccc(Cl)cc2Cl)c(Cl)c1. The summed E-state index contributed by atoms with van der Waals surface area (Å²) in [6, 6.07) is 10.2. The zero-order chi connectivity index (χ0) is 15.2. The second-order valence-corrected chi connectivity index (χ2v) is 6.44. The van der Waals surface area contributed by atoms with Crippen LogP contribution in [0.25, 0.3) is 0 Å². The van der Waals surface area contributed by atoms with Gasteiger partial charge in [0.15, 0.2) is 0 Å². The number of hydrogen-bond acceptors (Lipinski definition) is 3. The highest BCUT2D eigenvalue weighted by molar-refractivity contribution is 7.99. The Labute approximate surface area is 147 Å². The Morgan fingerprint density at radius 2 is 1.14 bits per heavy atom. The van der Waals surface area contributed by atoms with Gasteiger partial charge in [0.2, 0.25) is 0 Å². The summed E-state index contributed by atoms with van der Waals surface area (Å²) in [5, 5.41) is 2.09. The maximum atomic E-state index is 5.99. The number of benzene rings is 2. The first-order chi connectivity index (χ1) is 10.1. The fourth-order valence-corrected chi connectivity index (χ4v) is 2.84. The van der Waals surface area contributed by atoms with Crippen LogP contribution in [0.2, 0.25) is 20.1 Å². The summed E-state index contributed by atoms with van der Waals surface area (Å²) in [5.41, 5.74) is 0. The largest absolute Gasteiger partial charge is 0.481 e. The molecule has 0 aromatic heterocycles. The summed E-state index contributed by atoms with van der Waals surface area (Å²) in [5.74, 6) is 1.95. The third-order valence-electron chi connectivity index (χ3n) is 2.38. The second kappa shape index (κ2) is 8.25. The molecule has 0 radical (unpaired) electrons. The molecule has 2 rings (SSSR count). The maximum Gasteiger partial charge on any atom is 0.139 e. The van der Waals surface area contributed by atoms with Crippen LogP contribution in [0.5, 0.6) is 11.5 Å². The Morgan fingerprint density at radius 1 is 0.714 bits per heavy atom. The second-order valence-electron chi connectivity index (χ2n) is 3.88. The van der Waals surface area contributed by atoms with Gasteiger partial charge in [-0.25, -0.2) is 0 Å². The van der Waals surface area contributed by atoms with Crippen LogP contribution in [0.1, 0.15) is 0 Å². The highest BCUT2D eigenvalue weighted by Gasteiger charge is 2.04. The molecular weight excluding hydrogens is 374 g/mol. The van der Waals surface area contributed by atoms with Crippen molar-refractivity contribution in [3.8, 4) is 11.5 Å². The van der Waals surface area contributed by atoms with Crippen molar-refractivity contribution in [3.05, 3.63) is 56.5 Å². The minimum Gasteiger partial charge on any atom is -0.481 e. The Hall–Kier alpha value is -0.450. The van der Waals surface area contributed by atoms with E-state index < -0.39 is 0 Å². The smallest absolute Gasteiger partial charge is 0.139 e. The van der Waals surface area contributed by atoms with E-state index in [1.54, 1.807) is 36.4 Å². The average Bonchev–Trinajstić information content (AvgIpc) is 2.42. The molecular formula is C14H10Cl4O2S. The molecule has 0 spiro atoms. The predicted octanol–water partition coefficient (Wildman–Crippen LogP) is 6.41. The molecule has 2 aromatic rings. The van der Waals surface area contributed by atoms with E-state index in [4.69, 9.17) is 55.9 Å². The van der Waals surface area contributed by atoms with Crippen LogP contribution >= 0.6 is 58.2 Å². The van der Waals surface area contributed by atoms with Crippen LogP contribution < -0.4 is 9.47 Å². The van der Waals surface area contributed by atoms with Gasteiger partial charge in [-0.1, -0.05) is 58.2 Å². The van der Waals surface area contributed by atoms with Gasteiger partial charge >= 0.3 is 0 Å². The van der Waals surface area contributed by atoms with Crippen molar-refractivity contribution in [2.75, 3.05) is 11.9 Å². The first-order valence-electron chi connectivity index (χ1n) is 5.79. The zero-order valence-electron chi connectivity index (χ0n) is 10.6. The van der Waals surface area contributed by atoms with Crippen molar-refractivity contribution in [2.45, 2.75) is 0 Å². The van der Waals surface area contributed by atoms with Gasteiger partial charge < -0.3 is 9.47 Å². The lowest BCUT2D eigenvalue weighted by atomic mass is 10.3. The molecule has 112 valence electrons. The van der Waals surface area contributed by atoms with Crippen LogP contribution in [0.15, 0.2) is 36.4 Å². The van der Waals surface area contributed by atoms with E-state index in [1.807, 2.05) is 0 Å². The molecule has 0 fully saturated rings. The molecule has 0 saturated heterocycles. The monoisotopic (exact) mass is 382 g/mol. The van der Waals surface area contributed by atoms with Gasteiger partial charge in [0.1, 0.15) is 23.4 Å². The Bertz CT molecular complexity index is 568. The highest BCUT2D eigenvalue weighted by Crippen LogP contribution is 2.29. The van der Waals surface area contributed by atoms with Crippen molar-refractivity contribution in [3.63, 3.8) is 0 Å². The molecule has 0 atom stereocenters. The van der Waals surface area contributed by atoms with Crippen molar-refractivity contribution >= 4 is 58.2 Å². The Kier molecular flexibility index (Phi) is 6.65. The molecule has 0 aliphatic rings. The van der Waals surface area contributed by atoms with E-state index >= 15 is 0 Å². The molecule has 0 N–H and O–H groups in total. The molecule has 0 aliphatic heterocycles. The normalized spacial score (nSPS) is 10.5. The fourth-order valence-electron chi connectivity index (χ4n) is 1.43. The predicted molar refractivity (Wildman–Crippen MR) is 91.5 cm³/mol. The van der Waals surface area contributed by atoms with Gasteiger partial charge in [-0.05, 0) is 36.4 Å². The summed E-state index contributed by atoms with van der Waals surface area (Å²) in [6.45, 7) is 0.